The molecule has 2 heterocycles. The topological polar surface area (TPSA) is 84.7 Å². The summed E-state index contributed by atoms with van der Waals surface area (Å²) in [7, 11) is 0. The van der Waals surface area contributed by atoms with E-state index in [-0.39, 0.29) is 12.5 Å². The molecule has 28 heavy (non-hydrogen) atoms. The number of carbonyl (C=O) groups is 2. The summed E-state index contributed by atoms with van der Waals surface area (Å²) in [5.74, 6) is -0.138. The molecule has 146 valence electrons. The fraction of sp³-hybridized carbons (Fsp3) is 0.333. The predicted molar refractivity (Wildman–Crippen MR) is 107 cm³/mol. The number of hydrogen-bond donors (Lipinski definition) is 2. The summed E-state index contributed by atoms with van der Waals surface area (Å²) in [6.07, 6.45) is 1.29. The summed E-state index contributed by atoms with van der Waals surface area (Å²) >= 11 is 6.19. The van der Waals surface area contributed by atoms with Crippen LogP contribution in [0.4, 0.5) is 10.5 Å². The molecule has 2 aliphatic rings. The highest BCUT2D eigenvalue weighted by molar-refractivity contribution is 6.30. The van der Waals surface area contributed by atoms with E-state index in [1.807, 2.05) is 30.3 Å². The quantitative estimate of drug-likeness (QED) is 0.829. The van der Waals surface area contributed by atoms with Gasteiger partial charge in [0.1, 0.15) is 0 Å². The van der Waals surface area contributed by atoms with Crippen LogP contribution in [0.25, 0.3) is 0 Å². The monoisotopic (exact) mass is 399 g/mol. The number of carbonyl (C=O) groups excluding carboxylic acids is 2. The first kappa shape index (κ1) is 18.8. The summed E-state index contributed by atoms with van der Waals surface area (Å²) < 4.78 is 5.73. The highest BCUT2D eigenvalue weighted by Gasteiger charge is 2.46. The van der Waals surface area contributed by atoms with E-state index in [9.17, 15) is 9.59 Å². The van der Waals surface area contributed by atoms with E-state index in [2.05, 4.69) is 5.32 Å². The molecule has 0 bridgehead atoms. The van der Waals surface area contributed by atoms with Crippen LogP contribution in [0.1, 0.15) is 24.0 Å². The number of rotatable bonds is 3. The van der Waals surface area contributed by atoms with Gasteiger partial charge in [-0.05, 0) is 43.0 Å². The van der Waals surface area contributed by atoms with E-state index in [0.29, 0.717) is 36.5 Å². The third kappa shape index (κ3) is 3.57. The number of piperidine rings is 1. The molecule has 2 aliphatic heterocycles. The molecule has 1 fully saturated rings. The number of amides is 2. The Balaban J connectivity index is 1.57. The lowest BCUT2D eigenvalue weighted by molar-refractivity contribution is -0.140. The first-order valence-electron chi connectivity index (χ1n) is 9.35. The van der Waals surface area contributed by atoms with Crippen molar-refractivity contribution in [2.24, 2.45) is 5.73 Å². The Bertz CT molecular complexity index is 905. The molecular weight excluding hydrogens is 378 g/mol. The Morgan fingerprint density at radius 2 is 2.07 bits per heavy atom. The summed E-state index contributed by atoms with van der Waals surface area (Å²) in [5.41, 5.74) is 7.80. The SMILES string of the molecule is N[C@@H](Cc1ccccc1)C(=O)N1CCC[C@@]2(C1)OC(=O)Nc1ccc(Cl)cc12. The molecule has 0 radical (unpaired) electrons. The van der Waals surface area contributed by atoms with Crippen LogP contribution in [0, 0.1) is 0 Å². The highest BCUT2D eigenvalue weighted by Crippen LogP contribution is 2.43. The van der Waals surface area contributed by atoms with Crippen molar-refractivity contribution in [1.82, 2.24) is 4.90 Å². The molecule has 0 unspecified atom stereocenters. The van der Waals surface area contributed by atoms with Crippen LogP contribution in [0.15, 0.2) is 48.5 Å². The normalized spacial score (nSPS) is 22.2. The molecule has 6 nitrogen and oxygen atoms in total. The van der Waals surface area contributed by atoms with Gasteiger partial charge >= 0.3 is 6.09 Å². The Hall–Kier alpha value is -2.57. The number of nitrogens with two attached hydrogens (primary N) is 1. The number of nitrogens with zero attached hydrogens (tertiary/aromatic N) is 1. The molecule has 2 amide bonds. The van der Waals surface area contributed by atoms with Crippen LogP contribution < -0.4 is 11.1 Å². The van der Waals surface area contributed by atoms with Crippen molar-refractivity contribution in [2.45, 2.75) is 30.9 Å². The maximum Gasteiger partial charge on any atom is 0.412 e. The van der Waals surface area contributed by atoms with Gasteiger partial charge in [0.25, 0.3) is 0 Å². The van der Waals surface area contributed by atoms with Crippen LogP contribution >= 0.6 is 11.6 Å². The lowest BCUT2D eigenvalue weighted by Gasteiger charge is -2.45. The zero-order valence-corrected chi connectivity index (χ0v) is 16.1. The zero-order valence-electron chi connectivity index (χ0n) is 15.4. The van der Waals surface area contributed by atoms with Gasteiger partial charge in [0, 0.05) is 17.1 Å². The van der Waals surface area contributed by atoms with Gasteiger partial charge in [0.05, 0.1) is 18.3 Å². The van der Waals surface area contributed by atoms with Gasteiger partial charge < -0.3 is 15.4 Å². The molecule has 4 rings (SSSR count). The molecule has 1 spiro atoms. The molecule has 2 atom stereocenters. The van der Waals surface area contributed by atoms with Gasteiger partial charge in [-0.1, -0.05) is 41.9 Å². The van der Waals surface area contributed by atoms with E-state index in [0.717, 1.165) is 11.1 Å². The van der Waals surface area contributed by atoms with Gasteiger partial charge in [0.2, 0.25) is 5.91 Å². The molecule has 2 aromatic carbocycles. The predicted octanol–water partition coefficient (Wildman–Crippen LogP) is 3.29. The van der Waals surface area contributed by atoms with Gasteiger partial charge in [0.15, 0.2) is 5.60 Å². The minimum atomic E-state index is -0.900. The summed E-state index contributed by atoms with van der Waals surface area (Å²) in [6, 6.07) is 14.3. The van der Waals surface area contributed by atoms with Gasteiger partial charge in [-0.15, -0.1) is 0 Å². The molecule has 7 heteroatoms. The minimum Gasteiger partial charge on any atom is -0.436 e. The van der Waals surface area contributed by atoms with E-state index in [4.69, 9.17) is 22.1 Å². The third-order valence-corrected chi connectivity index (χ3v) is 5.61. The maximum atomic E-state index is 13.0. The van der Waals surface area contributed by atoms with Crippen LogP contribution in [0.2, 0.25) is 5.02 Å². The first-order valence-corrected chi connectivity index (χ1v) is 9.73. The standard InChI is InChI=1S/C21H22ClN3O3/c22-15-7-8-18-16(12-15)21(28-20(27)24-18)9-4-10-25(13-21)19(26)17(23)11-14-5-2-1-3-6-14/h1-3,5-8,12,17H,4,9-11,13,23H2,(H,24,27)/t17-,21-/m0/s1. The summed E-state index contributed by atoms with van der Waals surface area (Å²) in [6.45, 7) is 0.860. The third-order valence-electron chi connectivity index (χ3n) is 5.38. The number of hydrogen-bond acceptors (Lipinski definition) is 4. The maximum absolute atomic E-state index is 13.0. The average molecular weight is 400 g/mol. The zero-order chi connectivity index (χ0) is 19.7. The lowest BCUT2D eigenvalue weighted by atomic mass is 9.83. The second-order valence-corrected chi connectivity index (χ2v) is 7.79. The molecule has 0 aromatic heterocycles. The van der Waals surface area contributed by atoms with Crippen LogP contribution in [0.5, 0.6) is 0 Å². The average Bonchev–Trinajstić information content (AvgIpc) is 2.69. The van der Waals surface area contributed by atoms with Crippen molar-refractivity contribution in [2.75, 3.05) is 18.4 Å². The fourth-order valence-corrected chi connectivity index (χ4v) is 4.25. The fourth-order valence-electron chi connectivity index (χ4n) is 4.07. The van der Waals surface area contributed by atoms with Crippen LogP contribution in [0.3, 0.4) is 0 Å². The first-order chi connectivity index (χ1) is 13.5. The van der Waals surface area contributed by atoms with E-state index in [1.54, 1.807) is 23.1 Å². The smallest absolute Gasteiger partial charge is 0.412 e. The molecule has 1 saturated heterocycles. The number of anilines is 1. The Morgan fingerprint density at radius 3 is 2.86 bits per heavy atom. The van der Waals surface area contributed by atoms with Gasteiger partial charge in [-0.25, -0.2) is 4.79 Å². The largest absolute Gasteiger partial charge is 0.436 e. The summed E-state index contributed by atoms with van der Waals surface area (Å²) in [5, 5.41) is 3.27. The number of likely N-dealkylation sites (tertiary alicyclic amines) is 1. The van der Waals surface area contributed by atoms with Crippen molar-refractivity contribution >= 4 is 29.3 Å². The number of fused-ring (bicyclic) bond motifs is 2. The van der Waals surface area contributed by atoms with Gasteiger partial charge in [-0.2, -0.15) is 0 Å². The number of halogens is 1. The molecule has 0 aliphatic carbocycles. The minimum absolute atomic E-state index is 0.138. The van der Waals surface area contributed by atoms with E-state index >= 15 is 0 Å². The lowest BCUT2D eigenvalue weighted by Crippen LogP contribution is -2.56. The second kappa shape index (κ2) is 7.45. The van der Waals surface area contributed by atoms with Crippen LogP contribution in [-0.4, -0.2) is 36.0 Å². The molecule has 3 N–H and O–H groups in total. The number of ether oxygens (including phenoxy) is 1. The van der Waals surface area contributed by atoms with E-state index in [1.165, 1.54) is 0 Å². The Kier molecular flexibility index (Phi) is 5.00. The highest BCUT2D eigenvalue weighted by atomic mass is 35.5. The van der Waals surface area contributed by atoms with Crippen molar-refractivity contribution in [1.29, 1.82) is 0 Å². The molecule has 2 aromatic rings. The van der Waals surface area contributed by atoms with Crippen molar-refractivity contribution in [3.8, 4) is 0 Å². The van der Waals surface area contributed by atoms with Crippen molar-refractivity contribution in [3.05, 3.63) is 64.7 Å². The number of nitrogens with one attached hydrogen (secondary N) is 1. The second-order valence-electron chi connectivity index (χ2n) is 7.36. The number of benzene rings is 2. The van der Waals surface area contributed by atoms with Crippen LogP contribution in [-0.2, 0) is 21.6 Å². The summed E-state index contributed by atoms with van der Waals surface area (Å²) in [4.78, 5) is 26.9. The molecule has 0 saturated carbocycles. The van der Waals surface area contributed by atoms with Crippen molar-refractivity contribution in [3.63, 3.8) is 0 Å². The Morgan fingerprint density at radius 1 is 1.29 bits per heavy atom. The van der Waals surface area contributed by atoms with E-state index < -0.39 is 17.7 Å². The van der Waals surface area contributed by atoms with Crippen molar-refractivity contribution < 1.29 is 14.3 Å². The van der Waals surface area contributed by atoms with Gasteiger partial charge in [-0.3, -0.25) is 10.1 Å². The Labute approximate surface area is 168 Å². The molecular formula is C21H22ClN3O3.